The summed E-state index contributed by atoms with van der Waals surface area (Å²) in [5.41, 5.74) is 1.67. The number of benzene rings is 2. The maximum Gasteiger partial charge on any atom is 0.236 e. The van der Waals surface area contributed by atoms with E-state index in [4.69, 9.17) is 4.98 Å². The summed E-state index contributed by atoms with van der Waals surface area (Å²) in [4.78, 5) is 20.0. The SMILES string of the molecule is CC1(C)C(=O)N(c2ccc3c(cnn3-c3ccc(F)cc3)n2)[C@H](c2ccccc2)[C@H]1NS(C)(=O)=O. The second-order valence-corrected chi connectivity index (χ2v) is 11.0. The molecule has 1 fully saturated rings. The van der Waals surface area contributed by atoms with Gasteiger partial charge in [-0.3, -0.25) is 9.69 Å². The van der Waals surface area contributed by atoms with Gasteiger partial charge in [0.25, 0.3) is 0 Å². The number of rotatable bonds is 5. The second kappa shape index (κ2) is 8.24. The highest BCUT2D eigenvalue weighted by atomic mass is 32.2. The average molecular weight is 494 g/mol. The smallest absolute Gasteiger partial charge is 0.236 e. The Kier molecular flexibility index (Phi) is 5.45. The lowest BCUT2D eigenvalue weighted by Crippen LogP contribution is -2.45. The van der Waals surface area contributed by atoms with E-state index in [1.165, 1.54) is 12.1 Å². The van der Waals surface area contributed by atoms with Crippen LogP contribution in [0.4, 0.5) is 10.2 Å². The van der Waals surface area contributed by atoms with Crippen molar-refractivity contribution < 1.29 is 17.6 Å². The van der Waals surface area contributed by atoms with Gasteiger partial charge < -0.3 is 0 Å². The highest BCUT2D eigenvalue weighted by Gasteiger charge is 2.56. The van der Waals surface area contributed by atoms with Crippen molar-refractivity contribution in [2.24, 2.45) is 5.41 Å². The predicted molar refractivity (Wildman–Crippen MR) is 131 cm³/mol. The van der Waals surface area contributed by atoms with Crippen LogP contribution in [-0.2, 0) is 14.8 Å². The number of anilines is 1. The summed E-state index contributed by atoms with van der Waals surface area (Å²) in [6.45, 7) is 3.47. The number of carbonyl (C=O) groups excluding carboxylic acids is 1. The van der Waals surface area contributed by atoms with E-state index in [0.29, 0.717) is 22.5 Å². The molecule has 1 N–H and O–H groups in total. The molecule has 2 aromatic carbocycles. The zero-order chi connectivity index (χ0) is 25.0. The maximum atomic E-state index is 13.7. The Morgan fingerprint density at radius 1 is 1.00 bits per heavy atom. The molecule has 1 amide bonds. The molecule has 5 rings (SSSR count). The Morgan fingerprint density at radius 2 is 1.69 bits per heavy atom. The monoisotopic (exact) mass is 493 g/mol. The quantitative estimate of drug-likeness (QED) is 0.458. The molecule has 1 aliphatic rings. The van der Waals surface area contributed by atoms with E-state index in [2.05, 4.69) is 9.82 Å². The van der Waals surface area contributed by atoms with Crippen LogP contribution in [0.3, 0.4) is 0 Å². The standard InChI is InChI=1S/C25H24FN5O3S/c1-25(2)23(29-35(3,33)34)22(16-7-5-4-6-8-16)30(24(25)32)21-14-13-20-19(28-21)15-27-31(20)18-11-9-17(26)10-12-18/h4-15,22-23,29H,1-3H3/t22-,23-/m1/s1. The third-order valence-electron chi connectivity index (χ3n) is 6.35. The van der Waals surface area contributed by atoms with Gasteiger partial charge in [0.2, 0.25) is 15.9 Å². The van der Waals surface area contributed by atoms with Crippen molar-refractivity contribution >= 4 is 32.8 Å². The van der Waals surface area contributed by atoms with Crippen molar-refractivity contribution in [3.63, 3.8) is 0 Å². The van der Waals surface area contributed by atoms with E-state index in [1.54, 1.807) is 53.9 Å². The molecule has 10 heteroatoms. The van der Waals surface area contributed by atoms with Crippen molar-refractivity contribution in [2.75, 3.05) is 11.2 Å². The maximum absolute atomic E-state index is 13.7. The molecule has 0 bridgehead atoms. The van der Waals surface area contributed by atoms with Crippen LogP contribution in [0.1, 0.15) is 25.5 Å². The lowest BCUT2D eigenvalue weighted by Gasteiger charge is -2.29. The third-order valence-corrected chi connectivity index (χ3v) is 7.04. The summed E-state index contributed by atoms with van der Waals surface area (Å²) in [6, 6.07) is 17.5. The van der Waals surface area contributed by atoms with Gasteiger partial charge in [-0.05, 0) is 55.8 Å². The lowest BCUT2D eigenvalue weighted by atomic mass is 9.83. The first-order chi connectivity index (χ1) is 16.6. The zero-order valence-corrected chi connectivity index (χ0v) is 20.2. The minimum absolute atomic E-state index is 0.245. The Labute approximate surface area is 202 Å². The number of carbonyl (C=O) groups is 1. The predicted octanol–water partition coefficient (Wildman–Crippen LogP) is 3.59. The fourth-order valence-corrected chi connectivity index (χ4v) is 5.51. The van der Waals surface area contributed by atoms with E-state index in [9.17, 15) is 17.6 Å². The minimum Gasteiger partial charge on any atom is -0.287 e. The Bertz CT molecular complexity index is 1520. The Hall–Kier alpha value is -3.63. The van der Waals surface area contributed by atoms with E-state index >= 15 is 0 Å². The van der Waals surface area contributed by atoms with E-state index in [1.807, 2.05) is 30.3 Å². The number of fused-ring (bicyclic) bond motifs is 1. The molecule has 1 aliphatic heterocycles. The topological polar surface area (TPSA) is 97.2 Å². The molecule has 0 saturated carbocycles. The number of amides is 1. The van der Waals surface area contributed by atoms with Crippen LogP contribution in [0.5, 0.6) is 0 Å². The van der Waals surface area contributed by atoms with Crippen LogP contribution in [-0.4, -0.2) is 41.4 Å². The van der Waals surface area contributed by atoms with Crippen molar-refractivity contribution in [1.82, 2.24) is 19.5 Å². The first-order valence-electron chi connectivity index (χ1n) is 11.0. The van der Waals surface area contributed by atoms with Gasteiger partial charge in [-0.15, -0.1) is 0 Å². The number of nitrogens with zero attached hydrogens (tertiary/aromatic N) is 4. The van der Waals surface area contributed by atoms with Crippen molar-refractivity contribution in [3.8, 4) is 5.69 Å². The van der Waals surface area contributed by atoms with Crippen molar-refractivity contribution in [2.45, 2.75) is 25.9 Å². The van der Waals surface area contributed by atoms with Gasteiger partial charge in [0, 0.05) is 0 Å². The van der Waals surface area contributed by atoms with Crippen molar-refractivity contribution in [1.29, 1.82) is 0 Å². The molecule has 0 spiro atoms. The zero-order valence-electron chi connectivity index (χ0n) is 19.4. The number of halogens is 1. The molecular formula is C25H24FN5O3S. The van der Waals surface area contributed by atoms with E-state index in [-0.39, 0.29) is 11.7 Å². The number of nitrogens with one attached hydrogen (secondary N) is 1. The van der Waals surface area contributed by atoms with Crippen LogP contribution >= 0.6 is 0 Å². The first-order valence-corrected chi connectivity index (χ1v) is 12.9. The van der Waals surface area contributed by atoms with Gasteiger partial charge in [-0.1, -0.05) is 30.3 Å². The molecule has 1 saturated heterocycles. The molecule has 3 heterocycles. The van der Waals surface area contributed by atoms with Crippen LogP contribution in [0.25, 0.3) is 16.7 Å². The molecule has 2 aromatic heterocycles. The molecule has 0 aliphatic carbocycles. The number of pyridine rings is 1. The highest BCUT2D eigenvalue weighted by molar-refractivity contribution is 7.88. The minimum atomic E-state index is -3.60. The van der Waals surface area contributed by atoms with E-state index in [0.717, 1.165) is 11.8 Å². The summed E-state index contributed by atoms with van der Waals surface area (Å²) in [5.74, 6) is -0.198. The van der Waals surface area contributed by atoms with E-state index < -0.39 is 27.5 Å². The van der Waals surface area contributed by atoms with Crippen LogP contribution in [0.2, 0.25) is 0 Å². The average Bonchev–Trinajstić information content (AvgIpc) is 3.31. The summed E-state index contributed by atoms with van der Waals surface area (Å²) in [7, 11) is -3.60. The van der Waals surface area contributed by atoms with Gasteiger partial charge >= 0.3 is 0 Å². The third kappa shape index (κ3) is 4.08. The molecule has 0 unspecified atom stereocenters. The summed E-state index contributed by atoms with van der Waals surface area (Å²) in [6.07, 6.45) is 2.67. The largest absolute Gasteiger partial charge is 0.287 e. The molecule has 8 nitrogen and oxygen atoms in total. The molecule has 4 aromatic rings. The number of sulfonamides is 1. The molecular weight excluding hydrogens is 469 g/mol. The Morgan fingerprint density at radius 3 is 2.34 bits per heavy atom. The van der Waals surface area contributed by atoms with Gasteiger partial charge in [0.1, 0.15) is 17.2 Å². The van der Waals surface area contributed by atoms with Gasteiger partial charge in [-0.2, -0.15) is 5.10 Å². The number of hydrogen-bond acceptors (Lipinski definition) is 5. The number of hydrogen-bond donors (Lipinski definition) is 1. The lowest BCUT2D eigenvalue weighted by molar-refractivity contribution is -0.124. The fourth-order valence-electron chi connectivity index (χ4n) is 4.62. The Balaban J connectivity index is 1.63. The van der Waals surface area contributed by atoms with Crippen molar-refractivity contribution in [3.05, 3.63) is 84.3 Å². The molecule has 2 atom stereocenters. The van der Waals surface area contributed by atoms with Gasteiger partial charge in [0.15, 0.2) is 0 Å². The van der Waals surface area contributed by atoms with Crippen LogP contribution < -0.4 is 9.62 Å². The van der Waals surface area contributed by atoms with Gasteiger partial charge in [0.05, 0.1) is 41.2 Å². The van der Waals surface area contributed by atoms with Crippen LogP contribution in [0.15, 0.2) is 72.9 Å². The first kappa shape index (κ1) is 23.1. The van der Waals surface area contributed by atoms with Crippen LogP contribution in [0, 0.1) is 11.2 Å². The highest BCUT2D eigenvalue weighted by Crippen LogP contribution is 2.46. The molecule has 180 valence electrons. The van der Waals surface area contributed by atoms with Gasteiger partial charge in [-0.25, -0.2) is 27.2 Å². The molecule has 0 radical (unpaired) electrons. The summed E-state index contributed by atoms with van der Waals surface area (Å²) < 4.78 is 42.2. The normalized spacial score (nSPS) is 20.0. The molecule has 35 heavy (non-hydrogen) atoms. The fraction of sp³-hybridized carbons (Fsp3) is 0.240. The summed E-state index contributed by atoms with van der Waals surface area (Å²) in [5, 5.41) is 4.39. The second-order valence-electron chi connectivity index (χ2n) is 9.23. The number of aromatic nitrogens is 3. The summed E-state index contributed by atoms with van der Waals surface area (Å²) >= 11 is 0.